The van der Waals surface area contributed by atoms with Gasteiger partial charge in [-0.2, -0.15) is 8.78 Å². The lowest BCUT2D eigenvalue weighted by molar-refractivity contribution is -0.0491. The van der Waals surface area contributed by atoms with Crippen molar-refractivity contribution >= 4 is 11.6 Å². The van der Waals surface area contributed by atoms with Crippen molar-refractivity contribution < 1.29 is 23.4 Å². The summed E-state index contributed by atoms with van der Waals surface area (Å²) in [6.07, 6.45) is 2.22. The summed E-state index contributed by atoms with van der Waals surface area (Å²) in [5, 5.41) is 9.29. The van der Waals surface area contributed by atoms with Crippen LogP contribution in [-0.4, -0.2) is 32.1 Å². The number of aromatic amines is 1. The molecule has 0 aromatic carbocycles. The van der Waals surface area contributed by atoms with Crippen LogP contribution in [0.3, 0.4) is 0 Å². The maximum Gasteiger partial charge on any atom is 0.387 e. The summed E-state index contributed by atoms with van der Waals surface area (Å²) in [5.74, 6) is -1.30. The fraction of sp³-hybridized carbons (Fsp3) is 0.316. The van der Waals surface area contributed by atoms with Gasteiger partial charge in [-0.25, -0.2) is 9.78 Å². The molecule has 7 nitrogen and oxygen atoms in total. The van der Waals surface area contributed by atoms with Gasteiger partial charge >= 0.3 is 12.6 Å². The third-order valence-electron chi connectivity index (χ3n) is 5.09. The van der Waals surface area contributed by atoms with Crippen molar-refractivity contribution in [1.82, 2.24) is 14.4 Å². The summed E-state index contributed by atoms with van der Waals surface area (Å²) in [7, 11) is 0. The normalized spacial score (nSPS) is 15.7. The summed E-state index contributed by atoms with van der Waals surface area (Å²) in [4.78, 5) is 30.7. The topological polar surface area (TPSA) is 96.7 Å². The monoisotopic (exact) mass is 389 g/mol. The molecular formula is C19H17F2N3O4. The van der Waals surface area contributed by atoms with Crippen LogP contribution in [0, 0.1) is 5.92 Å². The summed E-state index contributed by atoms with van der Waals surface area (Å²) >= 11 is 0. The zero-order chi connectivity index (χ0) is 20.2. The summed E-state index contributed by atoms with van der Waals surface area (Å²) < 4.78 is 31.7. The number of H-pyrrole nitrogens is 1. The van der Waals surface area contributed by atoms with E-state index in [0.717, 1.165) is 5.69 Å². The van der Waals surface area contributed by atoms with E-state index >= 15 is 0 Å². The second-order valence-corrected chi connectivity index (χ2v) is 7.05. The predicted octanol–water partition coefficient (Wildman–Crippen LogP) is 3.28. The van der Waals surface area contributed by atoms with Crippen molar-refractivity contribution in [2.45, 2.75) is 32.8 Å². The Balaban J connectivity index is 2.01. The van der Waals surface area contributed by atoms with Gasteiger partial charge < -0.3 is 19.2 Å². The Labute approximate surface area is 157 Å². The third-order valence-corrected chi connectivity index (χ3v) is 5.09. The van der Waals surface area contributed by atoms with Crippen molar-refractivity contribution in [3.63, 3.8) is 0 Å². The van der Waals surface area contributed by atoms with E-state index < -0.39 is 18.1 Å². The molecule has 0 amide bonds. The minimum Gasteiger partial charge on any atom is -0.477 e. The standard InChI is InChI=1S/C19H17F2N3O4/c1-8(2)9-7-12-15(14-10(9)6-11(18(26)27)17(25)23-14)22-16-13(28-19(20)21)4-3-5-24(12)16/h3-6,8-9,19H,7H2,1-2H3,(H,23,25)(H,26,27)/t9-/m0/s1. The Morgan fingerprint density at radius 1 is 1.43 bits per heavy atom. The van der Waals surface area contributed by atoms with Crippen LogP contribution in [0.25, 0.3) is 17.0 Å². The van der Waals surface area contributed by atoms with E-state index in [1.807, 2.05) is 13.8 Å². The van der Waals surface area contributed by atoms with Gasteiger partial charge in [-0.05, 0) is 42.0 Å². The number of ether oxygens (including phenoxy) is 1. The number of aromatic carboxylic acids is 1. The number of pyridine rings is 2. The van der Waals surface area contributed by atoms with Gasteiger partial charge in [0.25, 0.3) is 5.56 Å². The van der Waals surface area contributed by atoms with Gasteiger partial charge in [-0.15, -0.1) is 0 Å². The van der Waals surface area contributed by atoms with Gasteiger partial charge in [0.15, 0.2) is 11.4 Å². The van der Waals surface area contributed by atoms with Crippen LogP contribution in [0.2, 0.25) is 0 Å². The Morgan fingerprint density at radius 2 is 2.18 bits per heavy atom. The molecule has 0 unspecified atom stereocenters. The average molecular weight is 389 g/mol. The molecule has 0 aliphatic heterocycles. The van der Waals surface area contributed by atoms with Crippen molar-refractivity contribution in [3.8, 4) is 17.1 Å². The number of fused-ring (bicyclic) bond motifs is 5. The molecule has 0 spiro atoms. The van der Waals surface area contributed by atoms with E-state index in [-0.39, 0.29) is 28.8 Å². The Bertz CT molecular complexity index is 1150. The summed E-state index contributed by atoms with van der Waals surface area (Å²) in [6.45, 7) is 1.01. The van der Waals surface area contributed by atoms with Gasteiger partial charge in [0.05, 0.1) is 11.4 Å². The van der Waals surface area contributed by atoms with Crippen molar-refractivity contribution in [1.29, 1.82) is 0 Å². The first kappa shape index (κ1) is 18.1. The number of nitrogens with zero attached hydrogens (tertiary/aromatic N) is 2. The van der Waals surface area contributed by atoms with Crippen molar-refractivity contribution in [3.05, 3.63) is 51.6 Å². The molecule has 146 valence electrons. The van der Waals surface area contributed by atoms with Crippen LogP contribution < -0.4 is 10.3 Å². The molecule has 0 saturated carbocycles. The van der Waals surface area contributed by atoms with Gasteiger partial charge in [0, 0.05) is 6.20 Å². The molecule has 9 heteroatoms. The Hall–Kier alpha value is -3.23. The molecule has 0 bridgehead atoms. The highest BCUT2D eigenvalue weighted by Gasteiger charge is 2.33. The number of carboxylic acid groups (broad SMARTS) is 1. The van der Waals surface area contributed by atoms with E-state index in [1.54, 1.807) is 16.7 Å². The largest absolute Gasteiger partial charge is 0.477 e. The fourth-order valence-electron chi connectivity index (χ4n) is 3.78. The zero-order valence-electron chi connectivity index (χ0n) is 15.1. The molecule has 4 rings (SSSR count). The zero-order valence-corrected chi connectivity index (χ0v) is 15.1. The first-order chi connectivity index (χ1) is 13.3. The molecule has 28 heavy (non-hydrogen) atoms. The molecule has 3 aromatic rings. The predicted molar refractivity (Wildman–Crippen MR) is 96.1 cm³/mol. The van der Waals surface area contributed by atoms with E-state index in [4.69, 9.17) is 0 Å². The minimum absolute atomic E-state index is 0.0703. The van der Waals surface area contributed by atoms with Gasteiger partial charge in [0.1, 0.15) is 11.3 Å². The van der Waals surface area contributed by atoms with Crippen LogP contribution in [-0.2, 0) is 6.42 Å². The summed E-state index contributed by atoms with van der Waals surface area (Å²) in [6, 6.07) is 4.38. The average Bonchev–Trinajstić information content (AvgIpc) is 2.99. The molecule has 1 aliphatic rings. The van der Waals surface area contributed by atoms with Crippen LogP contribution in [0.4, 0.5) is 8.78 Å². The number of carboxylic acids is 1. The molecule has 1 atom stereocenters. The highest BCUT2D eigenvalue weighted by Crippen LogP contribution is 2.42. The number of nitrogens with one attached hydrogen (secondary N) is 1. The lowest BCUT2D eigenvalue weighted by atomic mass is 9.79. The quantitative estimate of drug-likeness (QED) is 0.714. The number of aromatic nitrogens is 3. The maximum atomic E-state index is 12.7. The minimum atomic E-state index is -2.99. The van der Waals surface area contributed by atoms with Gasteiger partial charge in [-0.3, -0.25) is 4.79 Å². The number of halogens is 2. The second-order valence-electron chi connectivity index (χ2n) is 7.05. The van der Waals surface area contributed by atoms with Gasteiger partial charge in [0.2, 0.25) is 0 Å². The smallest absolute Gasteiger partial charge is 0.387 e. The molecule has 0 radical (unpaired) electrons. The molecule has 3 heterocycles. The first-order valence-corrected chi connectivity index (χ1v) is 8.73. The molecule has 0 fully saturated rings. The fourth-order valence-corrected chi connectivity index (χ4v) is 3.78. The summed E-state index contributed by atoms with van der Waals surface area (Å²) in [5.41, 5.74) is 1.43. The lowest BCUT2D eigenvalue weighted by Crippen LogP contribution is -2.25. The lowest BCUT2D eigenvalue weighted by Gasteiger charge is -2.28. The van der Waals surface area contributed by atoms with E-state index in [2.05, 4.69) is 14.7 Å². The number of hydrogen-bond acceptors (Lipinski definition) is 4. The SMILES string of the molecule is CC(C)[C@@H]1Cc2c(nc3c(OC(F)F)cccn23)-c2[nH]c(=O)c(C(=O)O)cc21. The first-order valence-electron chi connectivity index (χ1n) is 8.73. The van der Waals surface area contributed by atoms with E-state index in [1.165, 1.54) is 12.1 Å². The van der Waals surface area contributed by atoms with Crippen LogP contribution in [0.5, 0.6) is 5.75 Å². The Morgan fingerprint density at radius 3 is 2.82 bits per heavy atom. The molecule has 2 N–H and O–H groups in total. The molecule has 1 aliphatic carbocycles. The van der Waals surface area contributed by atoms with Crippen molar-refractivity contribution in [2.24, 2.45) is 5.92 Å². The number of hydrogen-bond donors (Lipinski definition) is 2. The van der Waals surface area contributed by atoms with Crippen LogP contribution in [0.15, 0.2) is 29.2 Å². The maximum absolute atomic E-state index is 12.7. The number of imidazole rings is 1. The third kappa shape index (κ3) is 2.74. The van der Waals surface area contributed by atoms with Gasteiger partial charge in [-0.1, -0.05) is 13.8 Å². The molecule has 3 aromatic heterocycles. The number of rotatable bonds is 4. The highest BCUT2D eigenvalue weighted by atomic mass is 19.3. The van der Waals surface area contributed by atoms with E-state index in [9.17, 15) is 23.5 Å². The van der Waals surface area contributed by atoms with E-state index in [0.29, 0.717) is 23.4 Å². The Kier molecular flexibility index (Phi) is 4.17. The molecular weight excluding hydrogens is 372 g/mol. The molecule has 0 saturated heterocycles. The van der Waals surface area contributed by atoms with Crippen LogP contribution >= 0.6 is 0 Å². The number of alkyl halides is 2. The second kappa shape index (κ2) is 6.43. The highest BCUT2D eigenvalue weighted by molar-refractivity contribution is 5.88. The van der Waals surface area contributed by atoms with Crippen molar-refractivity contribution in [2.75, 3.05) is 0 Å². The van der Waals surface area contributed by atoms with Crippen LogP contribution in [0.1, 0.15) is 41.4 Å². The number of carbonyl (C=O) groups is 1.